The SMILES string of the molecule is CC(C)NC(=S)Nc1ccc(-c2ncc(-c3ccc(N(C)C(=O)N(C)Cc4ccccc4)cc3S(=O)(=O)NC(C)(C)C)s2)cc1. The van der Waals surface area contributed by atoms with Crippen molar-refractivity contribution in [2.75, 3.05) is 24.3 Å². The van der Waals surface area contributed by atoms with E-state index >= 15 is 0 Å². The van der Waals surface area contributed by atoms with Gasteiger partial charge in [-0.1, -0.05) is 36.4 Å². The Morgan fingerprint density at radius 3 is 2.29 bits per heavy atom. The number of sulfonamides is 1. The lowest BCUT2D eigenvalue weighted by molar-refractivity contribution is 0.215. The first-order valence-corrected chi connectivity index (χ1v) is 17.2. The number of urea groups is 1. The summed E-state index contributed by atoms with van der Waals surface area (Å²) < 4.78 is 30.3. The van der Waals surface area contributed by atoms with Gasteiger partial charge in [0.1, 0.15) is 5.01 Å². The number of aromatic nitrogens is 1. The van der Waals surface area contributed by atoms with Crippen molar-refractivity contribution in [1.82, 2.24) is 19.9 Å². The standard InChI is InChI=1S/C33H40N6O3S3/c1-22(2)35-31(43)36-25-15-13-24(14-16-25)30-34-20-28(44-30)27-18-17-26(19-29(27)45(41,42)37-33(3,4)5)39(7)32(40)38(6)21-23-11-9-8-10-12-23/h8-20,22,37H,21H2,1-7H3,(H2,35,36,43). The van der Waals surface area contributed by atoms with E-state index in [0.29, 0.717) is 27.8 Å². The first kappa shape index (κ1) is 34.0. The van der Waals surface area contributed by atoms with Gasteiger partial charge in [-0.15, -0.1) is 11.3 Å². The molecule has 12 heteroatoms. The van der Waals surface area contributed by atoms with Gasteiger partial charge in [0.15, 0.2) is 5.11 Å². The first-order chi connectivity index (χ1) is 21.1. The molecule has 0 aliphatic carbocycles. The third kappa shape index (κ3) is 9.10. The maximum absolute atomic E-state index is 13.8. The molecule has 238 valence electrons. The van der Waals surface area contributed by atoms with Gasteiger partial charge in [0.25, 0.3) is 0 Å². The van der Waals surface area contributed by atoms with Crippen molar-refractivity contribution in [3.05, 3.63) is 84.6 Å². The van der Waals surface area contributed by atoms with Crippen LogP contribution >= 0.6 is 23.6 Å². The van der Waals surface area contributed by atoms with Gasteiger partial charge in [-0.3, -0.25) is 4.90 Å². The molecule has 1 aromatic heterocycles. The number of rotatable bonds is 9. The van der Waals surface area contributed by atoms with Gasteiger partial charge in [0.2, 0.25) is 10.0 Å². The predicted molar refractivity (Wildman–Crippen MR) is 189 cm³/mol. The normalized spacial score (nSPS) is 11.7. The first-order valence-electron chi connectivity index (χ1n) is 14.5. The van der Waals surface area contributed by atoms with Crippen LogP contribution in [0.5, 0.6) is 0 Å². The van der Waals surface area contributed by atoms with E-state index in [-0.39, 0.29) is 17.0 Å². The van der Waals surface area contributed by atoms with Gasteiger partial charge >= 0.3 is 6.03 Å². The van der Waals surface area contributed by atoms with Crippen molar-refractivity contribution in [3.8, 4) is 21.0 Å². The highest BCUT2D eigenvalue weighted by molar-refractivity contribution is 7.89. The zero-order chi connectivity index (χ0) is 32.9. The van der Waals surface area contributed by atoms with Crippen LogP contribution in [0.1, 0.15) is 40.2 Å². The highest BCUT2D eigenvalue weighted by Crippen LogP contribution is 2.38. The van der Waals surface area contributed by atoms with Crippen LogP contribution in [-0.4, -0.2) is 55.1 Å². The summed E-state index contributed by atoms with van der Waals surface area (Å²) in [6.07, 6.45) is 1.68. The van der Waals surface area contributed by atoms with E-state index < -0.39 is 15.6 Å². The molecule has 1 heterocycles. The molecule has 4 rings (SSSR count). The molecule has 0 atom stereocenters. The second-order valence-corrected chi connectivity index (χ2v) is 15.2. The lowest BCUT2D eigenvalue weighted by Crippen LogP contribution is -2.41. The highest BCUT2D eigenvalue weighted by atomic mass is 32.2. The maximum atomic E-state index is 13.8. The van der Waals surface area contributed by atoms with E-state index in [1.165, 1.54) is 16.2 Å². The summed E-state index contributed by atoms with van der Waals surface area (Å²) in [5.74, 6) is 0. The van der Waals surface area contributed by atoms with Crippen LogP contribution in [0.15, 0.2) is 83.9 Å². The smallest absolute Gasteiger partial charge is 0.324 e. The quantitative estimate of drug-likeness (QED) is 0.167. The van der Waals surface area contributed by atoms with Crippen molar-refractivity contribution in [3.63, 3.8) is 0 Å². The predicted octanol–water partition coefficient (Wildman–Crippen LogP) is 6.94. The van der Waals surface area contributed by atoms with E-state index in [1.807, 2.05) is 68.4 Å². The van der Waals surface area contributed by atoms with E-state index in [4.69, 9.17) is 12.2 Å². The maximum Gasteiger partial charge on any atom is 0.324 e. The van der Waals surface area contributed by atoms with E-state index in [0.717, 1.165) is 21.8 Å². The molecule has 0 fully saturated rings. The summed E-state index contributed by atoms with van der Waals surface area (Å²) >= 11 is 6.73. The molecule has 2 amide bonds. The lowest BCUT2D eigenvalue weighted by Gasteiger charge is -2.26. The van der Waals surface area contributed by atoms with Crippen molar-refractivity contribution in [1.29, 1.82) is 0 Å². The van der Waals surface area contributed by atoms with Crippen molar-refractivity contribution in [2.45, 2.75) is 57.6 Å². The second-order valence-electron chi connectivity index (χ2n) is 12.1. The van der Waals surface area contributed by atoms with Crippen LogP contribution in [0.4, 0.5) is 16.2 Å². The third-order valence-corrected chi connectivity index (χ3v) is 9.64. The Bertz CT molecular complexity index is 1750. The number of hydrogen-bond acceptors (Lipinski definition) is 6. The van der Waals surface area contributed by atoms with Crippen LogP contribution in [0, 0.1) is 0 Å². The van der Waals surface area contributed by atoms with Gasteiger partial charge in [-0.05, 0) is 88.8 Å². The minimum atomic E-state index is -3.98. The molecule has 0 aliphatic rings. The Kier molecular flexibility index (Phi) is 10.6. The average molecular weight is 665 g/mol. The number of carbonyl (C=O) groups excluding carboxylic acids is 1. The Morgan fingerprint density at radius 1 is 1.00 bits per heavy atom. The van der Waals surface area contributed by atoms with Crippen LogP contribution in [0.25, 0.3) is 21.0 Å². The van der Waals surface area contributed by atoms with Gasteiger partial charge in [0.05, 0.1) is 9.77 Å². The summed E-state index contributed by atoms with van der Waals surface area (Å²) in [6.45, 7) is 9.82. The average Bonchev–Trinajstić information content (AvgIpc) is 3.45. The lowest BCUT2D eigenvalue weighted by atomic mass is 10.1. The molecule has 3 N–H and O–H groups in total. The molecule has 4 aromatic rings. The van der Waals surface area contributed by atoms with Gasteiger partial charge in [-0.25, -0.2) is 22.9 Å². The third-order valence-electron chi connectivity index (χ3n) is 6.54. The fourth-order valence-electron chi connectivity index (χ4n) is 4.55. The summed E-state index contributed by atoms with van der Waals surface area (Å²) in [7, 11) is -0.618. The monoisotopic (exact) mass is 664 g/mol. The number of thiazole rings is 1. The summed E-state index contributed by atoms with van der Waals surface area (Å²) in [6, 6.07) is 22.4. The number of nitrogens with one attached hydrogen (secondary N) is 3. The zero-order valence-electron chi connectivity index (χ0n) is 26.6. The Hall–Kier alpha value is -3.84. The van der Waals surface area contributed by atoms with Crippen LogP contribution in [0.2, 0.25) is 0 Å². The molecule has 0 aliphatic heterocycles. The molecule has 0 radical (unpaired) electrons. The number of thiocarbonyl (C=S) groups is 1. The molecule has 0 saturated heterocycles. The summed E-state index contributed by atoms with van der Waals surface area (Å²) in [4.78, 5) is 21.8. The van der Waals surface area contributed by atoms with E-state index in [2.05, 4.69) is 20.3 Å². The zero-order valence-corrected chi connectivity index (χ0v) is 29.0. The molecule has 45 heavy (non-hydrogen) atoms. The molecule has 3 aromatic carbocycles. The van der Waals surface area contributed by atoms with Crippen molar-refractivity contribution < 1.29 is 13.2 Å². The number of carbonyl (C=O) groups is 1. The number of anilines is 2. The van der Waals surface area contributed by atoms with Crippen molar-refractivity contribution >= 4 is 56.1 Å². The summed E-state index contributed by atoms with van der Waals surface area (Å²) in [5, 5.41) is 7.61. The molecule has 0 unspecified atom stereocenters. The molecule has 0 bridgehead atoms. The number of nitrogens with zero attached hydrogens (tertiary/aromatic N) is 3. The van der Waals surface area contributed by atoms with E-state index in [1.54, 1.807) is 64.2 Å². The molecule has 0 spiro atoms. The Labute approximate surface area is 275 Å². The Morgan fingerprint density at radius 2 is 1.67 bits per heavy atom. The van der Waals surface area contributed by atoms with E-state index in [9.17, 15) is 13.2 Å². The fraction of sp³-hybridized carbons (Fsp3) is 0.303. The fourth-order valence-corrected chi connectivity index (χ4v) is 7.59. The number of benzene rings is 3. The van der Waals surface area contributed by atoms with Gasteiger partial charge < -0.3 is 15.5 Å². The summed E-state index contributed by atoms with van der Waals surface area (Å²) in [5.41, 5.74) is 2.97. The minimum Gasteiger partial charge on any atom is -0.360 e. The van der Waals surface area contributed by atoms with Crippen LogP contribution in [-0.2, 0) is 16.6 Å². The van der Waals surface area contributed by atoms with Crippen molar-refractivity contribution in [2.24, 2.45) is 0 Å². The molecule has 0 saturated carbocycles. The van der Waals surface area contributed by atoms with Gasteiger partial charge in [0, 0.05) is 60.9 Å². The highest BCUT2D eigenvalue weighted by Gasteiger charge is 2.28. The molecular formula is C33H40N6O3S3. The number of hydrogen-bond donors (Lipinski definition) is 3. The minimum absolute atomic E-state index is 0.0706. The van der Waals surface area contributed by atoms with Gasteiger partial charge in [-0.2, -0.15) is 0 Å². The molecular weight excluding hydrogens is 625 g/mol. The molecule has 9 nitrogen and oxygen atoms in total. The van der Waals surface area contributed by atoms with Crippen LogP contribution in [0.3, 0.4) is 0 Å². The second kappa shape index (κ2) is 14.1. The number of amides is 2. The Balaban J connectivity index is 1.64. The largest absolute Gasteiger partial charge is 0.360 e. The van der Waals surface area contributed by atoms with Crippen LogP contribution < -0.4 is 20.3 Å². The topological polar surface area (TPSA) is 107 Å².